The van der Waals surface area contributed by atoms with Gasteiger partial charge in [-0.05, 0) is 0 Å². The first-order valence-electron chi connectivity index (χ1n) is 0.667. The van der Waals surface area contributed by atoms with Crippen molar-refractivity contribution in [2.24, 2.45) is 0 Å². The summed E-state index contributed by atoms with van der Waals surface area (Å²) in [6.07, 6.45) is 0. The molecule has 0 aliphatic heterocycles. The molecule has 0 aromatic carbocycles. The molecule has 7 heavy (non-hydrogen) atoms. The zero-order valence-corrected chi connectivity index (χ0v) is 6.24. The molecule has 2 radical (unpaired) electrons. The van der Waals surface area contributed by atoms with Crippen LogP contribution in [0.1, 0.15) is 0 Å². The molecule has 7 heteroatoms. The Bertz CT molecular complexity index is 92.9. The molecular weight excluding hydrogens is 232 g/mol. The second-order valence-corrected chi connectivity index (χ2v) is 1.68. The third kappa shape index (κ3) is 152. The van der Waals surface area contributed by atoms with Crippen LogP contribution in [-0.4, -0.2) is 0 Å². The Labute approximate surface area is 63.9 Å². The van der Waals surface area contributed by atoms with Crippen LogP contribution < -0.4 is 8.32 Å². The van der Waals surface area contributed by atoms with Crippen molar-refractivity contribution in [2.75, 3.05) is 0 Å². The molecule has 0 saturated heterocycles. The van der Waals surface area contributed by atoms with Crippen molar-refractivity contribution in [3.8, 4) is 0 Å². The van der Waals surface area contributed by atoms with Crippen LogP contribution in [-0.2, 0) is 55.7 Å². The van der Waals surface area contributed by atoms with Crippen molar-refractivity contribution in [1.29, 1.82) is 0 Å². The summed E-state index contributed by atoms with van der Waals surface area (Å²) < 4.78 is 34.4. The summed E-state index contributed by atoms with van der Waals surface area (Å²) in [5.74, 6) is 0. The predicted molar refractivity (Wildman–Crippen MR) is 1.37 cm³/mol. The average molecular weight is 232 g/mol. The summed E-state index contributed by atoms with van der Waals surface area (Å²) in [5, 5.41) is 0. The summed E-state index contributed by atoms with van der Waals surface area (Å²) in [5.41, 5.74) is 0. The molecule has 44 valence electrons. The van der Waals surface area contributed by atoms with Crippen LogP contribution in [0.4, 0.5) is 0 Å². The molecule has 0 unspecified atom stereocenters. The van der Waals surface area contributed by atoms with Crippen LogP contribution >= 0.6 is 0 Å². The van der Waals surface area contributed by atoms with E-state index >= 15 is 0 Å². The molecule has 4 nitrogen and oxygen atoms in total. The maximum absolute atomic E-state index is 8.59. The van der Waals surface area contributed by atoms with E-state index in [1.165, 1.54) is 0 Å². The summed E-state index contributed by atoms with van der Waals surface area (Å²) in [7, 11) is 0. The van der Waals surface area contributed by atoms with Crippen molar-refractivity contribution in [2.45, 2.75) is 0 Å². The minimum absolute atomic E-state index is 0. The van der Waals surface area contributed by atoms with Gasteiger partial charge in [-0.1, -0.05) is 0 Å². The van der Waals surface area contributed by atoms with Crippen molar-refractivity contribution in [3.05, 3.63) is 0 Å². The van der Waals surface area contributed by atoms with E-state index in [4.69, 9.17) is 15.9 Å². The average Bonchev–Trinajstić information content (AvgIpc) is 0.722. The molecule has 0 aliphatic carbocycles. The summed E-state index contributed by atoms with van der Waals surface area (Å²) in [6.45, 7) is 0. The molecule has 0 saturated carbocycles. The third-order valence-corrected chi connectivity index (χ3v) is 0. The quantitative estimate of drug-likeness (QED) is 0.428. The second kappa shape index (κ2) is 5.25. The first-order chi connectivity index (χ1) is 2.00. The van der Waals surface area contributed by atoms with E-state index < -0.39 is 13.6 Å². The number of rotatable bonds is 0. The monoisotopic (exact) mass is 231 g/mol. The van der Waals surface area contributed by atoms with E-state index in [0.717, 1.165) is 0 Å². The predicted octanol–water partition coefficient (Wildman–Crippen LogP) is -2.62. The van der Waals surface area contributed by atoms with Crippen molar-refractivity contribution >= 4 is 0 Å². The van der Waals surface area contributed by atoms with Gasteiger partial charge in [0.1, 0.15) is 0 Å². The van der Waals surface area contributed by atoms with E-state index in [2.05, 4.69) is 0 Å². The van der Waals surface area contributed by atoms with Gasteiger partial charge in [-0.2, -0.15) is 0 Å². The van der Waals surface area contributed by atoms with Crippen LogP contribution in [0.3, 0.4) is 0 Å². The van der Waals surface area contributed by atoms with Gasteiger partial charge in [-0.3, -0.25) is 0 Å². The molecule has 0 amide bonds. The van der Waals surface area contributed by atoms with Gasteiger partial charge >= 0.3 is 64.0 Å². The minimum atomic E-state index is -5.75. The Balaban J connectivity index is -0.0000000800. The number of hydrogen-bond acceptors (Lipinski definition) is 4. The normalized spacial score (nSPS) is 8.29. The van der Waals surface area contributed by atoms with Gasteiger partial charge in [0.25, 0.3) is 0 Å². The molecule has 0 fully saturated rings. The van der Waals surface area contributed by atoms with Crippen LogP contribution in [0.5, 0.6) is 0 Å². The molecule has 0 aromatic heterocycles. The molecule has 0 rings (SSSR count). The van der Waals surface area contributed by atoms with Crippen LogP contribution in [0.25, 0.3) is 0 Å². The third-order valence-electron chi connectivity index (χ3n) is 0. The van der Waals surface area contributed by atoms with E-state index in [0.29, 0.717) is 0 Å². The Morgan fingerprint density at radius 3 is 1.14 bits per heavy atom. The van der Waals surface area contributed by atoms with E-state index in [1.807, 2.05) is 0 Å². The van der Waals surface area contributed by atoms with Crippen molar-refractivity contribution < 1.29 is 64.0 Å². The fraction of sp³-hybridized carbons (Fsp3) is 0. The fourth-order valence-electron chi connectivity index (χ4n) is 0. The molecule has 0 heterocycles. The molecule has 0 aliphatic rings. The molecule has 0 bridgehead atoms. The van der Waals surface area contributed by atoms with Gasteiger partial charge in [0, 0.05) is 0 Å². The van der Waals surface area contributed by atoms with Gasteiger partial charge in [0.2, 0.25) is 0 Å². The van der Waals surface area contributed by atoms with Gasteiger partial charge in [0.05, 0.1) is 0 Å². The summed E-state index contributed by atoms with van der Waals surface area (Å²) in [6, 6.07) is 0. The SMILES string of the molecule is [Cr+3].[Cu+2].[O]=[Cr](=[O])([O-])[O-]. The van der Waals surface area contributed by atoms with Crippen LogP contribution in [0.2, 0.25) is 0 Å². The second-order valence-electron chi connectivity index (χ2n) is 0.408. The Hall–Kier alpha value is 1.10. The van der Waals surface area contributed by atoms with Gasteiger partial charge in [0.15, 0.2) is 0 Å². The topological polar surface area (TPSA) is 80.3 Å². The molecule has 0 N–H and O–H groups in total. The van der Waals surface area contributed by atoms with Crippen LogP contribution in [0, 0.1) is 0 Å². The van der Waals surface area contributed by atoms with Crippen LogP contribution in [0.15, 0.2) is 0 Å². The van der Waals surface area contributed by atoms with Crippen molar-refractivity contribution in [3.63, 3.8) is 0 Å². The van der Waals surface area contributed by atoms with Gasteiger partial charge < -0.3 is 0 Å². The molecule has 0 atom stereocenters. The Morgan fingerprint density at radius 2 is 1.14 bits per heavy atom. The molecule has 0 aromatic rings. The zero-order chi connectivity index (χ0) is 4.50. The first kappa shape index (κ1) is 15.7. The first-order valence-corrected chi connectivity index (χ1v) is 2.75. The van der Waals surface area contributed by atoms with E-state index in [9.17, 15) is 0 Å². The van der Waals surface area contributed by atoms with Gasteiger partial charge in [-0.15, -0.1) is 0 Å². The van der Waals surface area contributed by atoms with E-state index in [1.54, 1.807) is 0 Å². The molecular formula is Cr2CuO4+3. The summed E-state index contributed by atoms with van der Waals surface area (Å²) >= 11 is -5.75. The van der Waals surface area contributed by atoms with Crippen molar-refractivity contribution in [1.82, 2.24) is 0 Å². The van der Waals surface area contributed by atoms with Gasteiger partial charge in [-0.25, -0.2) is 0 Å². The van der Waals surface area contributed by atoms with E-state index in [-0.39, 0.29) is 34.4 Å². The maximum atomic E-state index is 8.59. The number of hydrogen-bond donors (Lipinski definition) is 0. The molecule has 0 spiro atoms. The Kier molecular flexibility index (Phi) is 11.8. The zero-order valence-electron chi connectivity index (χ0n) is 2.75. The fourth-order valence-corrected chi connectivity index (χ4v) is 0. The Morgan fingerprint density at radius 1 is 1.14 bits per heavy atom. The summed E-state index contributed by atoms with van der Waals surface area (Å²) in [4.78, 5) is 0. The standard InChI is InChI=1S/2Cr.Cu.4O/q;+3;+2;;;2*-1.